The minimum atomic E-state index is -1.09. The standard InChI is InChI=1S/C31H54O5/c1-29(2,35)16-6-8-23(12-15-28(34)30(3,4)36)27-14-13-26-22(9-7-17-31(26,27)5)11-10-21-18-24(32)20-25(33)19-21/h10-11,23-28,32-36H,6-9,12-20H2,1-5H3/b21-10?,22-11+/t23-,24+,25?,26?,27+,28+,31-/m0/s1. The molecular weight excluding hydrogens is 452 g/mol. The molecule has 0 bridgehead atoms. The van der Waals surface area contributed by atoms with Gasteiger partial charge in [-0.15, -0.1) is 0 Å². The SMILES string of the molecule is CC(C)(O)CCC[C@@H](CC[C@@H](O)C(C)(C)O)[C@H]1CCC2/C(=C/C=C3CC(O)C[C@H](O)C3)CCC[C@@]21C. The van der Waals surface area contributed by atoms with Crippen LogP contribution in [-0.4, -0.2) is 55.0 Å². The molecule has 36 heavy (non-hydrogen) atoms. The average Bonchev–Trinajstić information content (AvgIpc) is 3.09. The van der Waals surface area contributed by atoms with Gasteiger partial charge in [-0.25, -0.2) is 0 Å². The molecule has 0 aromatic carbocycles. The summed E-state index contributed by atoms with van der Waals surface area (Å²) in [6.45, 7) is 9.61. The fourth-order valence-corrected chi connectivity index (χ4v) is 7.65. The largest absolute Gasteiger partial charge is 0.393 e. The van der Waals surface area contributed by atoms with Crippen molar-refractivity contribution in [3.63, 3.8) is 0 Å². The molecule has 3 rings (SSSR count). The molecule has 3 aliphatic rings. The minimum absolute atomic E-state index is 0.229. The summed E-state index contributed by atoms with van der Waals surface area (Å²) in [7, 11) is 0. The van der Waals surface area contributed by atoms with E-state index < -0.39 is 29.5 Å². The fourth-order valence-electron chi connectivity index (χ4n) is 7.65. The Balaban J connectivity index is 1.76. The molecule has 5 N–H and O–H groups in total. The Morgan fingerprint density at radius 2 is 1.64 bits per heavy atom. The maximum atomic E-state index is 10.6. The van der Waals surface area contributed by atoms with Crippen molar-refractivity contribution in [1.29, 1.82) is 0 Å². The number of hydrogen-bond donors (Lipinski definition) is 5. The van der Waals surface area contributed by atoms with E-state index in [1.54, 1.807) is 13.8 Å². The van der Waals surface area contributed by atoms with Gasteiger partial charge in [0.1, 0.15) is 0 Å². The molecular formula is C31H54O5. The van der Waals surface area contributed by atoms with Crippen LogP contribution in [0.1, 0.15) is 118 Å². The zero-order valence-electron chi connectivity index (χ0n) is 23.5. The molecule has 0 radical (unpaired) electrons. The van der Waals surface area contributed by atoms with Crippen LogP contribution >= 0.6 is 0 Å². The second-order valence-corrected chi connectivity index (χ2v) is 13.8. The Bertz CT molecular complexity index is 761. The maximum Gasteiger partial charge on any atom is 0.0849 e. The first-order valence-electron chi connectivity index (χ1n) is 14.6. The Labute approximate surface area is 219 Å². The van der Waals surface area contributed by atoms with Gasteiger partial charge in [-0.2, -0.15) is 0 Å². The molecule has 3 saturated carbocycles. The molecule has 0 aliphatic heterocycles. The highest BCUT2D eigenvalue weighted by molar-refractivity contribution is 5.26. The molecule has 0 spiro atoms. The van der Waals surface area contributed by atoms with Gasteiger partial charge in [0.25, 0.3) is 0 Å². The number of allylic oxidation sites excluding steroid dienone is 3. The van der Waals surface area contributed by atoms with E-state index in [0.717, 1.165) is 37.7 Å². The van der Waals surface area contributed by atoms with Crippen LogP contribution < -0.4 is 0 Å². The van der Waals surface area contributed by atoms with E-state index >= 15 is 0 Å². The molecule has 5 heteroatoms. The van der Waals surface area contributed by atoms with Gasteiger partial charge >= 0.3 is 0 Å². The molecule has 0 heterocycles. The zero-order chi connectivity index (χ0) is 26.7. The fraction of sp³-hybridized carbons (Fsp3) is 0.871. The minimum Gasteiger partial charge on any atom is -0.393 e. The smallest absolute Gasteiger partial charge is 0.0849 e. The zero-order valence-corrected chi connectivity index (χ0v) is 23.5. The van der Waals surface area contributed by atoms with Crippen molar-refractivity contribution >= 4 is 0 Å². The van der Waals surface area contributed by atoms with Crippen LogP contribution in [0.4, 0.5) is 0 Å². The van der Waals surface area contributed by atoms with Gasteiger partial charge in [0.05, 0.1) is 29.5 Å². The van der Waals surface area contributed by atoms with E-state index in [2.05, 4.69) is 19.1 Å². The number of aliphatic hydroxyl groups is 5. The van der Waals surface area contributed by atoms with Gasteiger partial charge in [-0.05, 0) is 121 Å². The van der Waals surface area contributed by atoms with Crippen molar-refractivity contribution in [2.45, 2.75) is 148 Å². The third kappa shape index (κ3) is 7.89. The Hall–Kier alpha value is -0.720. The third-order valence-corrected chi connectivity index (χ3v) is 9.67. The van der Waals surface area contributed by atoms with E-state index in [0.29, 0.717) is 43.4 Å². The van der Waals surface area contributed by atoms with Crippen molar-refractivity contribution in [3.8, 4) is 0 Å². The van der Waals surface area contributed by atoms with Crippen molar-refractivity contribution in [3.05, 3.63) is 23.3 Å². The summed E-state index contributed by atoms with van der Waals surface area (Å²) in [5, 5.41) is 51.3. The van der Waals surface area contributed by atoms with Crippen LogP contribution in [0, 0.1) is 23.2 Å². The first-order chi connectivity index (χ1) is 16.7. The van der Waals surface area contributed by atoms with E-state index in [9.17, 15) is 25.5 Å². The quantitative estimate of drug-likeness (QED) is 0.272. The van der Waals surface area contributed by atoms with Gasteiger partial charge in [0.15, 0.2) is 0 Å². The summed E-state index contributed by atoms with van der Waals surface area (Å²) in [6, 6.07) is 0. The molecule has 7 atom stereocenters. The van der Waals surface area contributed by atoms with E-state index in [-0.39, 0.29) is 5.41 Å². The van der Waals surface area contributed by atoms with Crippen molar-refractivity contribution in [2.75, 3.05) is 0 Å². The van der Waals surface area contributed by atoms with Crippen LogP contribution in [0.2, 0.25) is 0 Å². The van der Waals surface area contributed by atoms with Gasteiger partial charge in [0.2, 0.25) is 0 Å². The second kappa shape index (κ2) is 12.0. The summed E-state index contributed by atoms with van der Waals surface area (Å²) in [5.74, 6) is 1.61. The number of aliphatic hydroxyl groups excluding tert-OH is 3. The lowest BCUT2D eigenvalue weighted by Crippen LogP contribution is -2.39. The highest BCUT2D eigenvalue weighted by Crippen LogP contribution is 2.60. The molecule has 0 aromatic heterocycles. The van der Waals surface area contributed by atoms with Gasteiger partial charge in [-0.3, -0.25) is 0 Å². The normalized spacial score (nSPS) is 35.7. The van der Waals surface area contributed by atoms with E-state index in [1.165, 1.54) is 31.3 Å². The van der Waals surface area contributed by atoms with Gasteiger partial charge in [-0.1, -0.05) is 43.1 Å². The molecule has 3 aliphatic carbocycles. The average molecular weight is 507 g/mol. The summed E-state index contributed by atoms with van der Waals surface area (Å²) in [5.41, 5.74) is 1.16. The van der Waals surface area contributed by atoms with Crippen molar-refractivity contribution < 1.29 is 25.5 Å². The first kappa shape index (κ1) is 29.8. The third-order valence-electron chi connectivity index (χ3n) is 9.67. The lowest BCUT2D eigenvalue weighted by Gasteiger charge is -2.45. The molecule has 5 nitrogen and oxygen atoms in total. The molecule has 0 amide bonds. The lowest BCUT2D eigenvalue weighted by molar-refractivity contribution is -0.0563. The molecule has 208 valence electrons. The number of fused-ring (bicyclic) bond motifs is 1. The number of hydrogen-bond acceptors (Lipinski definition) is 5. The Morgan fingerprint density at radius 3 is 2.25 bits per heavy atom. The monoisotopic (exact) mass is 506 g/mol. The molecule has 2 unspecified atom stereocenters. The predicted octanol–water partition coefficient (Wildman–Crippen LogP) is 5.43. The summed E-state index contributed by atoms with van der Waals surface area (Å²) in [4.78, 5) is 0. The van der Waals surface area contributed by atoms with Crippen molar-refractivity contribution in [1.82, 2.24) is 0 Å². The van der Waals surface area contributed by atoms with Gasteiger partial charge in [0, 0.05) is 0 Å². The second-order valence-electron chi connectivity index (χ2n) is 13.8. The van der Waals surface area contributed by atoms with Crippen LogP contribution in [0.25, 0.3) is 0 Å². The van der Waals surface area contributed by atoms with Crippen LogP contribution in [0.5, 0.6) is 0 Å². The van der Waals surface area contributed by atoms with E-state index in [1.807, 2.05) is 13.8 Å². The van der Waals surface area contributed by atoms with Crippen LogP contribution in [-0.2, 0) is 0 Å². The number of rotatable bonds is 10. The Kier molecular flexibility index (Phi) is 9.93. The summed E-state index contributed by atoms with van der Waals surface area (Å²) in [6.07, 6.45) is 14.9. The maximum absolute atomic E-state index is 10.6. The van der Waals surface area contributed by atoms with Crippen LogP contribution in [0.3, 0.4) is 0 Å². The van der Waals surface area contributed by atoms with E-state index in [4.69, 9.17) is 0 Å². The van der Waals surface area contributed by atoms with Crippen molar-refractivity contribution in [2.24, 2.45) is 23.2 Å². The Morgan fingerprint density at radius 1 is 0.972 bits per heavy atom. The molecule has 0 saturated heterocycles. The predicted molar refractivity (Wildman–Crippen MR) is 145 cm³/mol. The topological polar surface area (TPSA) is 101 Å². The molecule has 0 aromatic rings. The lowest BCUT2D eigenvalue weighted by atomic mass is 9.60. The summed E-state index contributed by atoms with van der Waals surface area (Å²) >= 11 is 0. The van der Waals surface area contributed by atoms with Crippen LogP contribution in [0.15, 0.2) is 23.3 Å². The highest BCUT2D eigenvalue weighted by atomic mass is 16.3. The summed E-state index contributed by atoms with van der Waals surface area (Å²) < 4.78 is 0. The highest BCUT2D eigenvalue weighted by Gasteiger charge is 2.51. The first-order valence-corrected chi connectivity index (χ1v) is 14.6. The van der Waals surface area contributed by atoms with Gasteiger partial charge < -0.3 is 25.5 Å². The molecule has 3 fully saturated rings.